The molecule has 14 heteroatoms. The van der Waals surface area contributed by atoms with Gasteiger partial charge in [0, 0.05) is 13.0 Å². The van der Waals surface area contributed by atoms with Crippen LogP contribution < -0.4 is 5.73 Å². The summed E-state index contributed by atoms with van der Waals surface area (Å²) in [6, 6.07) is -1.16. The number of nitrogens with two attached hydrogens (primary N) is 1. The second-order valence-electron chi connectivity index (χ2n) is 5.43. The van der Waals surface area contributed by atoms with Crippen LogP contribution in [0, 0.1) is 20.2 Å². The number of hydrogen-bond donors (Lipinski definition) is 1. The molecule has 2 N–H and O–H groups in total. The Bertz CT molecular complexity index is 503. The molecule has 0 aliphatic heterocycles. The number of nitrogens with zero attached hydrogens (tertiary/aromatic N) is 2. The van der Waals surface area contributed by atoms with E-state index >= 15 is 0 Å². The Hall–Kier alpha value is -2.74. The third kappa shape index (κ3) is 14.4. The zero-order valence-electron chi connectivity index (χ0n) is 15.5. The summed E-state index contributed by atoms with van der Waals surface area (Å²) >= 11 is 0. The van der Waals surface area contributed by atoms with Crippen LogP contribution in [0.5, 0.6) is 0 Å². The first-order valence-corrected chi connectivity index (χ1v) is 8.50. The average Bonchev–Trinajstić information content (AvgIpc) is 2.63. The van der Waals surface area contributed by atoms with Crippen molar-refractivity contribution in [3.63, 3.8) is 0 Å². The molecule has 2 unspecified atom stereocenters. The minimum Gasteiger partial charge on any atom is -0.463 e. The van der Waals surface area contributed by atoms with Crippen LogP contribution >= 0.6 is 0 Å². The zero-order valence-corrected chi connectivity index (χ0v) is 15.5. The molecule has 162 valence electrons. The van der Waals surface area contributed by atoms with Crippen LogP contribution in [0.4, 0.5) is 0 Å². The molecule has 0 aliphatic carbocycles. The van der Waals surface area contributed by atoms with Crippen LogP contribution in [0.1, 0.15) is 32.6 Å². The summed E-state index contributed by atoms with van der Waals surface area (Å²) in [5, 5.41) is 18.2. The van der Waals surface area contributed by atoms with E-state index in [4.69, 9.17) is 19.9 Å². The number of rotatable bonds is 17. The van der Waals surface area contributed by atoms with Gasteiger partial charge < -0.3 is 29.6 Å². The zero-order chi connectivity index (χ0) is 21.4. The van der Waals surface area contributed by atoms with Gasteiger partial charge in [-0.25, -0.2) is 0 Å². The molecule has 0 rings (SSSR count). The Balaban J connectivity index is 4.00. The Morgan fingerprint density at radius 3 is 2.36 bits per heavy atom. The van der Waals surface area contributed by atoms with Crippen molar-refractivity contribution in [2.75, 3.05) is 33.0 Å². The summed E-state index contributed by atoms with van der Waals surface area (Å²) in [4.78, 5) is 51.9. The van der Waals surface area contributed by atoms with Crippen LogP contribution in [0.25, 0.3) is 0 Å². The van der Waals surface area contributed by atoms with E-state index in [1.54, 1.807) is 0 Å². The molecule has 2 atom stereocenters. The number of carbonyl (C=O) groups is 2. The van der Waals surface area contributed by atoms with Gasteiger partial charge in [-0.1, -0.05) is 6.92 Å². The fourth-order valence-corrected chi connectivity index (χ4v) is 1.78. The van der Waals surface area contributed by atoms with Crippen molar-refractivity contribution < 1.29 is 43.6 Å². The summed E-state index contributed by atoms with van der Waals surface area (Å²) in [7, 11) is 0. The molecule has 0 aromatic heterocycles. The Morgan fingerprint density at radius 2 is 1.75 bits per heavy atom. The molecule has 0 amide bonds. The van der Waals surface area contributed by atoms with Gasteiger partial charge in [-0.3, -0.25) is 9.59 Å². The van der Waals surface area contributed by atoms with Gasteiger partial charge in [0.1, 0.15) is 32.0 Å². The first-order valence-electron chi connectivity index (χ1n) is 8.50. The molecule has 0 aliphatic rings. The highest BCUT2D eigenvalue weighted by molar-refractivity contribution is 5.76. The second kappa shape index (κ2) is 15.3. The summed E-state index contributed by atoms with van der Waals surface area (Å²) in [6.07, 6.45) is -0.517. The van der Waals surface area contributed by atoms with Gasteiger partial charge in [-0.2, -0.15) is 0 Å². The van der Waals surface area contributed by atoms with Gasteiger partial charge in [0.25, 0.3) is 10.2 Å². The molecule has 14 nitrogen and oxygen atoms in total. The van der Waals surface area contributed by atoms with Gasteiger partial charge in [-0.05, 0) is 19.3 Å². The molecule has 0 radical (unpaired) electrons. The minimum atomic E-state index is -1.21. The largest absolute Gasteiger partial charge is 0.463 e. The van der Waals surface area contributed by atoms with Crippen LogP contribution in [0.3, 0.4) is 0 Å². The Kier molecular flexibility index (Phi) is 13.8. The highest BCUT2D eigenvalue weighted by Gasteiger charge is 2.19. The van der Waals surface area contributed by atoms with Crippen molar-refractivity contribution in [3.05, 3.63) is 20.2 Å². The molecule has 0 fully saturated rings. The van der Waals surface area contributed by atoms with Crippen molar-refractivity contribution in [1.29, 1.82) is 0 Å². The maximum Gasteiger partial charge on any atom is 0.326 e. The van der Waals surface area contributed by atoms with E-state index in [1.807, 2.05) is 6.92 Å². The second-order valence-corrected chi connectivity index (χ2v) is 5.43. The van der Waals surface area contributed by atoms with Gasteiger partial charge in [0.15, 0.2) is 0 Å². The van der Waals surface area contributed by atoms with Crippen LogP contribution in [-0.2, 0) is 33.5 Å². The third-order valence-electron chi connectivity index (χ3n) is 3.06. The Labute approximate surface area is 160 Å². The van der Waals surface area contributed by atoms with E-state index in [1.165, 1.54) is 0 Å². The van der Waals surface area contributed by atoms with E-state index < -0.39 is 47.5 Å². The van der Waals surface area contributed by atoms with E-state index in [9.17, 15) is 29.8 Å². The molecule has 0 heterocycles. The smallest absolute Gasteiger partial charge is 0.326 e. The third-order valence-corrected chi connectivity index (χ3v) is 3.06. The first-order chi connectivity index (χ1) is 13.3. The van der Waals surface area contributed by atoms with Crippen molar-refractivity contribution in [1.82, 2.24) is 0 Å². The summed E-state index contributed by atoms with van der Waals surface area (Å²) in [6.45, 7) is 1.71. The van der Waals surface area contributed by atoms with E-state index in [-0.39, 0.29) is 32.5 Å². The molecule has 0 aromatic carbocycles. The highest BCUT2D eigenvalue weighted by Crippen LogP contribution is 2.07. The average molecular weight is 411 g/mol. The van der Waals surface area contributed by atoms with Crippen molar-refractivity contribution >= 4 is 11.9 Å². The van der Waals surface area contributed by atoms with Gasteiger partial charge in [0.2, 0.25) is 0 Å². The predicted octanol–water partition coefficient (Wildman–Crippen LogP) is -0.218. The highest BCUT2D eigenvalue weighted by atomic mass is 17.0. The van der Waals surface area contributed by atoms with E-state index in [0.717, 1.165) is 6.42 Å². The van der Waals surface area contributed by atoms with E-state index in [2.05, 4.69) is 9.68 Å². The van der Waals surface area contributed by atoms with Gasteiger partial charge in [0.05, 0.1) is 6.61 Å². The van der Waals surface area contributed by atoms with Crippen LogP contribution in [-0.4, -0.2) is 67.3 Å². The monoisotopic (exact) mass is 411 g/mol. The normalized spacial score (nSPS) is 12.5. The summed E-state index contributed by atoms with van der Waals surface area (Å²) in [5.41, 5.74) is 5.54. The molecular formula is C14H25N3O11. The molecule has 0 saturated heterocycles. The molecule has 0 saturated carbocycles. The lowest BCUT2D eigenvalue weighted by Crippen LogP contribution is -2.38. The topological polar surface area (TPSA) is 193 Å². The SMILES string of the molecule is CCCOCCOC(=O)C(N)COC(=O)CCCC(CO[N+](=O)[O-])O[N+](=O)[O-]. The quantitative estimate of drug-likeness (QED) is 0.143. The fraction of sp³-hybridized carbons (Fsp3) is 0.857. The fourth-order valence-electron chi connectivity index (χ4n) is 1.78. The number of carbonyl (C=O) groups excluding carboxylic acids is 2. The number of esters is 2. The van der Waals surface area contributed by atoms with Crippen LogP contribution in [0.15, 0.2) is 0 Å². The van der Waals surface area contributed by atoms with Gasteiger partial charge in [-0.15, -0.1) is 20.2 Å². The number of hydrogen-bond acceptors (Lipinski definition) is 12. The van der Waals surface area contributed by atoms with E-state index in [0.29, 0.717) is 6.61 Å². The predicted molar refractivity (Wildman–Crippen MR) is 89.7 cm³/mol. The molecular weight excluding hydrogens is 386 g/mol. The molecule has 0 spiro atoms. The number of ether oxygens (including phenoxy) is 3. The van der Waals surface area contributed by atoms with Crippen molar-refractivity contribution in [2.24, 2.45) is 5.73 Å². The maximum absolute atomic E-state index is 11.6. The summed E-state index contributed by atoms with van der Waals surface area (Å²) < 4.78 is 14.8. The Morgan fingerprint density at radius 1 is 1.04 bits per heavy atom. The minimum absolute atomic E-state index is 0.0323. The maximum atomic E-state index is 11.6. The lowest BCUT2D eigenvalue weighted by molar-refractivity contribution is -0.790. The lowest BCUT2D eigenvalue weighted by atomic mass is 10.1. The molecule has 28 heavy (non-hydrogen) atoms. The van der Waals surface area contributed by atoms with Crippen LogP contribution in [0.2, 0.25) is 0 Å². The molecule has 0 aromatic rings. The van der Waals surface area contributed by atoms with Crippen molar-refractivity contribution in [2.45, 2.75) is 44.8 Å². The first kappa shape index (κ1) is 25.3. The standard InChI is InChI=1S/C14H25N3O11/c1-2-6-24-7-8-25-14(19)12(15)10-26-13(18)5-3-4-11(28-17(22)23)9-27-16(20)21/h11-12H,2-10,15H2,1H3. The van der Waals surface area contributed by atoms with Crippen molar-refractivity contribution in [3.8, 4) is 0 Å². The summed E-state index contributed by atoms with van der Waals surface area (Å²) in [5.74, 6) is -1.45. The lowest BCUT2D eigenvalue weighted by Gasteiger charge is -2.14. The van der Waals surface area contributed by atoms with Gasteiger partial charge >= 0.3 is 11.9 Å². The molecule has 0 bridgehead atoms.